The molecule has 2 rings (SSSR count). The summed E-state index contributed by atoms with van der Waals surface area (Å²) >= 11 is 5.16. The predicted octanol–water partition coefficient (Wildman–Crippen LogP) is 4.71. The summed E-state index contributed by atoms with van der Waals surface area (Å²) < 4.78 is 6.62. The van der Waals surface area contributed by atoms with Crippen LogP contribution in [0.5, 0.6) is 5.75 Å². The Bertz CT molecular complexity index is 599. The van der Waals surface area contributed by atoms with Crippen LogP contribution < -0.4 is 4.74 Å². The number of aromatic carboxylic acids is 1. The third kappa shape index (κ3) is 5.10. The molecule has 3 nitrogen and oxygen atoms in total. The Labute approximate surface area is 136 Å². The number of carbonyl (C=O) groups is 1. The molecular formula is C16H15BrO3S. The summed E-state index contributed by atoms with van der Waals surface area (Å²) in [7, 11) is 0. The van der Waals surface area contributed by atoms with Gasteiger partial charge in [-0.2, -0.15) is 0 Å². The van der Waals surface area contributed by atoms with E-state index in [0.29, 0.717) is 12.4 Å². The maximum Gasteiger partial charge on any atom is 0.339 e. The first kappa shape index (κ1) is 15.9. The summed E-state index contributed by atoms with van der Waals surface area (Å²) in [6.07, 6.45) is 0.856. The minimum absolute atomic E-state index is 0.207. The number of ether oxygens (including phenoxy) is 1. The number of halogens is 1. The summed E-state index contributed by atoms with van der Waals surface area (Å²) in [5, 5.41) is 9.05. The lowest BCUT2D eigenvalue weighted by Crippen LogP contribution is -2.04. The average Bonchev–Trinajstić information content (AvgIpc) is 2.49. The summed E-state index contributed by atoms with van der Waals surface area (Å²) in [6, 6.07) is 14.9. The van der Waals surface area contributed by atoms with E-state index in [9.17, 15) is 4.79 Å². The van der Waals surface area contributed by atoms with E-state index in [1.165, 1.54) is 4.90 Å². The Balaban J connectivity index is 1.75. The van der Waals surface area contributed by atoms with E-state index in [-0.39, 0.29) is 5.56 Å². The summed E-state index contributed by atoms with van der Waals surface area (Å²) in [6.45, 7) is 0.508. The number of thioether (sulfide) groups is 1. The van der Waals surface area contributed by atoms with E-state index in [1.807, 2.05) is 12.1 Å². The van der Waals surface area contributed by atoms with Gasteiger partial charge in [-0.15, -0.1) is 11.8 Å². The molecule has 0 spiro atoms. The highest BCUT2D eigenvalue weighted by Crippen LogP contribution is 2.22. The fraction of sp³-hybridized carbons (Fsp3) is 0.188. The first-order valence-electron chi connectivity index (χ1n) is 6.50. The number of carboxylic acid groups (broad SMARTS) is 1. The predicted molar refractivity (Wildman–Crippen MR) is 88.4 cm³/mol. The first-order valence-corrected chi connectivity index (χ1v) is 8.28. The van der Waals surface area contributed by atoms with E-state index >= 15 is 0 Å². The lowest BCUT2D eigenvalue weighted by Gasteiger charge is -2.08. The monoisotopic (exact) mass is 366 g/mol. The lowest BCUT2D eigenvalue weighted by atomic mass is 10.2. The number of hydrogen-bond donors (Lipinski definition) is 1. The molecule has 5 heteroatoms. The molecule has 2 aromatic carbocycles. The van der Waals surface area contributed by atoms with Crippen LogP contribution in [0.2, 0.25) is 0 Å². The maximum absolute atomic E-state index is 11.0. The van der Waals surface area contributed by atoms with Crippen molar-refractivity contribution in [2.45, 2.75) is 11.3 Å². The van der Waals surface area contributed by atoms with Crippen molar-refractivity contribution in [2.24, 2.45) is 0 Å². The molecule has 0 atom stereocenters. The average molecular weight is 367 g/mol. The van der Waals surface area contributed by atoms with Crippen LogP contribution in [0.15, 0.2) is 57.9 Å². The first-order chi connectivity index (χ1) is 10.2. The Hall–Kier alpha value is -1.46. The molecule has 1 N–H and O–H groups in total. The quantitative estimate of drug-likeness (QED) is 0.569. The third-order valence-corrected chi connectivity index (χ3v) is 4.37. The van der Waals surface area contributed by atoms with Crippen molar-refractivity contribution < 1.29 is 14.6 Å². The topological polar surface area (TPSA) is 46.5 Å². The molecule has 21 heavy (non-hydrogen) atoms. The van der Waals surface area contributed by atoms with Crippen LogP contribution in [0, 0.1) is 0 Å². The second-order valence-electron chi connectivity index (χ2n) is 4.31. The Kier molecular flexibility index (Phi) is 6.14. The largest absolute Gasteiger partial charge is 0.493 e. The van der Waals surface area contributed by atoms with E-state index in [2.05, 4.69) is 28.1 Å². The van der Waals surface area contributed by atoms with E-state index in [0.717, 1.165) is 16.6 Å². The van der Waals surface area contributed by atoms with Gasteiger partial charge in [0.2, 0.25) is 0 Å². The minimum Gasteiger partial charge on any atom is -0.493 e. The maximum atomic E-state index is 11.0. The molecule has 0 radical (unpaired) electrons. The van der Waals surface area contributed by atoms with Crippen molar-refractivity contribution in [3.8, 4) is 5.75 Å². The van der Waals surface area contributed by atoms with Crippen LogP contribution in [0.4, 0.5) is 0 Å². The van der Waals surface area contributed by atoms with Crippen LogP contribution >= 0.6 is 27.7 Å². The number of rotatable bonds is 7. The van der Waals surface area contributed by atoms with Gasteiger partial charge in [-0.05, 0) is 42.8 Å². The van der Waals surface area contributed by atoms with Crippen LogP contribution in [0.1, 0.15) is 16.8 Å². The highest BCUT2D eigenvalue weighted by Gasteiger charge is 2.09. The van der Waals surface area contributed by atoms with Crippen molar-refractivity contribution in [1.82, 2.24) is 0 Å². The molecule has 0 saturated heterocycles. The van der Waals surface area contributed by atoms with E-state index in [4.69, 9.17) is 9.84 Å². The second-order valence-corrected chi connectivity index (χ2v) is 6.39. The molecule has 0 aliphatic heterocycles. The molecule has 0 amide bonds. The summed E-state index contributed by atoms with van der Waals surface area (Å²) in [5.41, 5.74) is 0.207. The zero-order chi connectivity index (χ0) is 15.1. The smallest absolute Gasteiger partial charge is 0.339 e. The van der Waals surface area contributed by atoms with E-state index < -0.39 is 5.97 Å². The molecule has 0 unspecified atom stereocenters. The van der Waals surface area contributed by atoms with E-state index in [1.54, 1.807) is 36.0 Å². The molecule has 0 bridgehead atoms. The van der Waals surface area contributed by atoms with Gasteiger partial charge in [-0.1, -0.05) is 28.1 Å². The molecule has 0 saturated carbocycles. The zero-order valence-corrected chi connectivity index (χ0v) is 13.7. The van der Waals surface area contributed by atoms with Gasteiger partial charge in [-0.3, -0.25) is 0 Å². The van der Waals surface area contributed by atoms with Gasteiger partial charge >= 0.3 is 5.97 Å². The van der Waals surface area contributed by atoms with Crippen LogP contribution in [0.3, 0.4) is 0 Å². The van der Waals surface area contributed by atoms with Crippen molar-refractivity contribution in [1.29, 1.82) is 0 Å². The van der Waals surface area contributed by atoms with Crippen molar-refractivity contribution in [2.75, 3.05) is 12.4 Å². The van der Waals surface area contributed by atoms with Crippen molar-refractivity contribution >= 4 is 33.7 Å². The standard InChI is InChI=1S/C16H15BrO3S/c17-12-6-8-13(9-7-12)21-11-3-10-20-15-5-2-1-4-14(15)16(18)19/h1-2,4-9H,3,10-11H2,(H,18,19). The van der Waals surface area contributed by atoms with Gasteiger partial charge in [0, 0.05) is 15.1 Å². The van der Waals surface area contributed by atoms with Crippen LogP contribution in [-0.2, 0) is 0 Å². The highest BCUT2D eigenvalue weighted by atomic mass is 79.9. The van der Waals surface area contributed by atoms with Gasteiger partial charge < -0.3 is 9.84 Å². The molecule has 0 heterocycles. The van der Waals surface area contributed by atoms with Crippen molar-refractivity contribution in [3.63, 3.8) is 0 Å². The molecule has 0 aliphatic rings. The summed E-state index contributed by atoms with van der Waals surface area (Å²) in [4.78, 5) is 12.2. The van der Waals surface area contributed by atoms with Gasteiger partial charge in [0.15, 0.2) is 0 Å². The normalized spacial score (nSPS) is 10.3. The minimum atomic E-state index is -0.963. The Morgan fingerprint density at radius 2 is 1.86 bits per heavy atom. The van der Waals surface area contributed by atoms with Crippen LogP contribution in [0.25, 0.3) is 0 Å². The lowest BCUT2D eigenvalue weighted by molar-refractivity contribution is 0.0692. The SMILES string of the molecule is O=C(O)c1ccccc1OCCCSc1ccc(Br)cc1. The van der Waals surface area contributed by atoms with Gasteiger partial charge in [0.05, 0.1) is 6.61 Å². The molecule has 0 fully saturated rings. The number of hydrogen-bond acceptors (Lipinski definition) is 3. The fourth-order valence-electron chi connectivity index (χ4n) is 1.73. The molecule has 0 aromatic heterocycles. The fourth-order valence-corrected chi connectivity index (χ4v) is 2.82. The number of para-hydroxylation sites is 1. The Morgan fingerprint density at radius 3 is 2.57 bits per heavy atom. The molecule has 0 aliphatic carbocycles. The van der Waals surface area contributed by atoms with Crippen LogP contribution in [-0.4, -0.2) is 23.4 Å². The van der Waals surface area contributed by atoms with Gasteiger partial charge in [0.25, 0.3) is 0 Å². The van der Waals surface area contributed by atoms with Crippen molar-refractivity contribution in [3.05, 3.63) is 58.6 Å². The molecule has 110 valence electrons. The number of benzene rings is 2. The number of carboxylic acids is 1. The molecular weight excluding hydrogens is 352 g/mol. The zero-order valence-electron chi connectivity index (χ0n) is 11.3. The van der Waals surface area contributed by atoms with Gasteiger partial charge in [0.1, 0.15) is 11.3 Å². The second kappa shape index (κ2) is 8.10. The Morgan fingerprint density at radius 1 is 1.14 bits per heavy atom. The third-order valence-electron chi connectivity index (χ3n) is 2.75. The molecule has 2 aromatic rings. The van der Waals surface area contributed by atoms with Gasteiger partial charge in [-0.25, -0.2) is 4.79 Å². The highest BCUT2D eigenvalue weighted by molar-refractivity contribution is 9.10. The summed E-state index contributed by atoms with van der Waals surface area (Å²) in [5.74, 6) is 0.394.